The van der Waals surface area contributed by atoms with Gasteiger partial charge in [0, 0.05) is 47.2 Å². The minimum Gasteiger partial charge on any atom is -0.462 e. The van der Waals surface area contributed by atoms with E-state index in [1.807, 2.05) is 30.3 Å². The van der Waals surface area contributed by atoms with Crippen molar-refractivity contribution < 1.29 is 57.2 Å². The van der Waals surface area contributed by atoms with Gasteiger partial charge in [0.1, 0.15) is 6.61 Å². The topological polar surface area (TPSA) is 201 Å². The molecule has 1 aromatic carbocycles. The molecule has 17 heteroatoms. The van der Waals surface area contributed by atoms with Crippen LogP contribution in [0.1, 0.15) is 41.5 Å². The first-order chi connectivity index (χ1) is 20.8. The molecule has 1 unspecified atom stereocenters. The number of rotatable bonds is 13. The SMILES string of the molecule is CC(=O)OC[C@@H](OC(C)=O)[C@H](OC(C)=O)[C@H](OC(C)=O)[C@@H](OC(C)=O)C1N(C(C)=O)N=C2OC(CNc3ccccc3)=NN21. The van der Waals surface area contributed by atoms with Gasteiger partial charge in [-0.2, -0.15) is 10.0 Å². The lowest BCUT2D eigenvalue weighted by molar-refractivity contribution is -0.211. The maximum atomic E-state index is 12.7. The zero-order chi connectivity index (χ0) is 32.6. The second kappa shape index (κ2) is 14.8. The molecular formula is C27H33N5O12. The van der Waals surface area contributed by atoms with E-state index in [0.29, 0.717) is 0 Å². The average Bonchev–Trinajstić information content (AvgIpc) is 3.48. The fourth-order valence-corrected chi connectivity index (χ4v) is 4.33. The molecule has 44 heavy (non-hydrogen) atoms. The van der Waals surface area contributed by atoms with Crippen LogP contribution in [-0.4, -0.2) is 101 Å². The first kappa shape index (κ1) is 33.3. The fraction of sp³-hybridized carbons (Fsp3) is 0.481. The minimum absolute atomic E-state index is 0.0882. The van der Waals surface area contributed by atoms with Gasteiger partial charge in [-0.25, -0.2) is 0 Å². The van der Waals surface area contributed by atoms with E-state index in [4.69, 9.17) is 28.4 Å². The quantitative estimate of drug-likeness (QED) is 0.236. The van der Waals surface area contributed by atoms with Crippen LogP contribution in [0.3, 0.4) is 0 Å². The summed E-state index contributed by atoms with van der Waals surface area (Å²) >= 11 is 0. The normalized spacial score (nSPS) is 17.8. The number of carbonyl (C=O) groups excluding carboxylic acids is 6. The molecule has 1 amide bonds. The molecule has 0 saturated carbocycles. The lowest BCUT2D eigenvalue weighted by Gasteiger charge is -2.39. The minimum atomic E-state index is -1.77. The summed E-state index contributed by atoms with van der Waals surface area (Å²) in [5.74, 6) is -4.91. The molecule has 0 radical (unpaired) electrons. The molecular weight excluding hydrogens is 586 g/mol. The molecule has 17 nitrogen and oxygen atoms in total. The largest absolute Gasteiger partial charge is 0.462 e. The molecule has 5 atom stereocenters. The first-order valence-electron chi connectivity index (χ1n) is 13.3. The number of amidine groups is 1. The standard InChI is InChI=1S/C27H33N5O12/c1-14(33)31-26(32-27(30-31)44-22(29-32)12-28-20-10-8-7-9-11-20)25(43-19(6)38)24(42-18(5)37)23(41-17(4)36)21(40-16(3)35)13-39-15(2)34/h7-11,21,23-26,28H,12-13H2,1-6H3/t21-,23+,24+,25-,26?/m1/s1. The number of hydrogen-bond acceptors (Lipinski definition) is 16. The molecule has 2 heterocycles. The van der Waals surface area contributed by atoms with E-state index in [1.54, 1.807) is 0 Å². The van der Waals surface area contributed by atoms with Crippen LogP contribution in [0.15, 0.2) is 40.5 Å². The van der Waals surface area contributed by atoms with E-state index < -0.39 is 72.9 Å². The Hall–Kier alpha value is -5.22. The highest BCUT2D eigenvalue weighted by Gasteiger charge is 2.55. The van der Waals surface area contributed by atoms with Crippen LogP contribution < -0.4 is 5.32 Å². The molecule has 238 valence electrons. The van der Waals surface area contributed by atoms with Gasteiger partial charge in [-0.1, -0.05) is 18.2 Å². The maximum absolute atomic E-state index is 12.7. The molecule has 1 aromatic rings. The van der Waals surface area contributed by atoms with Crippen molar-refractivity contribution >= 4 is 53.4 Å². The van der Waals surface area contributed by atoms with Gasteiger partial charge in [0.2, 0.25) is 11.8 Å². The van der Waals surface area contributed by atoms with Crippen molar-refractivity contribution in [3.8, 4) is 0 Å². The summed E-state index contributed by atoms with van der Waals surface area (Å²) < 4.78 is 32.6. The van der Waals surface area contributed by atoms with E-state index in [1.165, 1.54) is 6.92 Å². The summed E-state index contributed by atoms with van der Waals surface area (Å²) in [6, 6.07) is 8.96. The summed E-state index contributed by atoms with van der Waals surface area (Å²) in [6.07, 6.45) is -8.21. The van der Waals surface area contributed by atoms with Crippen molar-refractivity contribution in [1.29, 1.82) is 0 Å². The number of fused-ring (bicyclic) bond motifs is 1. The Morgan fingerprint density at radius 2 is 1.39 bits per heavy atom. The highest BCUT2D eigenvalue weighted by molar-refractivity contribution is 5.98. The van der Waals surface area contributed by atoms with Gasteiger partial charge in [0.15, 0.2) is 30.6 Å². The third-order valence-corrected chi connectivity index (χ3v) is 5.84. The Bertz CT molecular complexity index is 1330. The molecule has 0 saturated heterocycles. The van der Waals surface area contributed by atoms with Crippen LogP contribution in [0, 0.1) is 0 Å². The Balaban J connectivity index is 2.08. The number of nitrogens with zero attached hydrogens (tertiary/aromatic N) is 4. The van der Waals surface area contributed by atoms with Crippen LogP contribution in [0.2, 0.25) is 0 Å². The first-order valence-corrected chi connectivity index (χ1v) is 13.3. The number of para-hydroxylation sites is 1. The zero-order valence-corrected chi connectivity index (χ0v) is 24.9. The van der Waals surface area contributed by atoms with Gasteiger partial charge in [0.05, 0.1) is 6.54 Å². The number of nitrogens with one attached hydrogen (secondary N) is 1. The number of amides is 1. The monoisotopic (exact) mass is 619 g/mol. The van der Waals surface area contributed by atoms with Crippen LogP contribution in [0.5, 0.6) is 0 Å². The number of benzene rings is 1. The van der Waals surface area contributed by atoms with Crippen molar-refractivity contribution in [3.05, 3.63) is 30.3 Å². The zero-order valence-electron chi connectivity index (χ0n) is 24.9. The number of anilines is 1. The van der Waals surface area contributed by atoms with Crippen molar-refractivity contribution in [2.75, 3.05) is 18.5 Å². The van der Waals surface area contributed by atoms with E-state index in [0.717, 1.165) is 50.3 Å². The van der Waals surface area contributed by atoms with Crippen LogP contribution in [0.25, 0.3) is 0 Å². The molecule has 0 aromatic heterocycles. The molecule has 0 fully saturated rings. The van der Waals surface area contributed by atoms with Crippen molar-refractivity contribution in [3.63, 3.8) is 0 Å². The molecule has 0 spiro atoms. The average molecular weight is 620 g/mol. The third-order valence-electron chi connectivity index (χ3n) is 5.84. The van der Waals surface area contributed by atoms with Gasteiger partial charge in [0.25, 0.3) is 0 Å². The molecule has 3 rings (SSSR count). The lowest BCUT2D eigenvalue weighted by atomic mass is 9.99. The lowest BCUT2D eigenvalue weighted by Crippen LogP contribution is -2.61. The summed E-state index contributed by atoms with van der Waals surface area (Å²) in [4.78, 5) is 73.5. The number of carbonyl (C=O) groups is 6. The van der Waals surface area contributed by atoms with Gasteiger partial charge in [-0.05, 0) is 12.1 Å². The summed E-state index contributed by atoms with van der Waals surface area (Å²) in [6.45, 7) is 5.86. The third kappa shape index (κ3) is 8.89. The van der Waals surface area contributed by atoms with E-state index >= 15 is 0 Å². The number of esters is 5. The van der Waals surface area contributed by atoms with Crippen LogP contribution in [-0.2, 0) is 57.2 Å². The Morgan fingerprint density at radius 1 is 0.795 bits per heavy atom. The summed E-state index contributed by atoms with van der Waals surface area (Å²) in [5, 5.41) is 13.7. The predicted octanol–water partition coefficient (Wildman–Crippen LogP) is 0.493. The molecule has 1 N–H and O–H groups in total. The van der Waals surface area contributed by atoms with Crippen LogP contribution >= 0.6 is 0 Å². The molecule has 0 bridgehead atoms. The van der Waals surface area contributed by atoms with Crippen molar-refractivity contribution in [1.82, 2.24) is 10.0 Å². The van der Waals surface area contributed by atoms with E-state index in [-0.39, 0.29) is 18.5 Å². The molecule has 0 aliphatic carbocycles. The Labute approximate surface area is 252 Å². The van der Waals surface area contributed by atoms with Gasteiger partial charge in [-0.3, -0.25) is 28.8 Å². The number of hydrazone groups is 2. The molecule has 2 aliphatic rings. The van der Waals surface area contributed by atoms with Crippen molar-refractivity contribution in [2.24, 2.45) is 10.2 Å². The highest BCUT2D eigenvalue weighted by Crippen LogP contribution is 2.32. The van der Waals surface area contributed by atoms with E-state index in [9.17, 15) is 28.8 Å². The van der Waals surface area contributed by atoms with Gasteiger partial charge >= 0.3 is 35.9 Å². The Kier molecular flexibility index (Phi) is 11.2. The second-order valence-electron chi connectivity index (χ2n) is 9.49. The summed E-state index contributed by atoms with van der Waals surface area (Å²) in [5.41, 5.74) is 0.760. The highest BCUT2D eigenvalue weighted by atomic mass is 16.6. The maximum Gasteiger partial charge on any atom is 0.339 e. The number of ether oxygens (including phenoxy) is 6. The number of hydrogen-bond donors (Lipinski definition) is 1. The van der Waals surface area contributed by atoms with E-state index in [2.05, 4.69) is 15.5 Å². The smallest absolute Gasteiger partial charge is 0.339 e. The second-order valence-corrected chi connectivity index (χ2v) is 9.49. The fourth-order valence-electron chi connectivity index (χ4n) is 4.33. The predicted molar refractivity (Wildman–Crippen MR) is 148 cm³/mol. The van der Waals surface area contributed by atoms with Crippen LogP contribution in [0.4, 0.5) is 5.69 Å². The summed E-state index contributed by atoms with van der Waals surface area (Å²) in [7, 11) is 0. The van der Waals surface area contributed by atoms with Gasteiger partial charge in [-0.15, -0.1) is 10.2 Å². The Morgan fingerprint density at radius 3 is 1.93 bits per heavy atom. The van der Waals surface area contributed by atoms with Crippen molar-refractivity contribution in [2.45, 2.75) is 72.1 Å². The molecule has 2 aliphatic heterocycles. The van der Waals surface area contributed by atoms with Gasteiger partial charge < -0.3 is 33.7 Å².